The Morgan fingerprint density at radius 3 is 2.85 bits per heavy atom. The Bertz CT molecular complexity index is 604. The fraction of sp³-hybridized carbons (Fsp3) is 0.571. The molecular formula is C14H18FNO3S. The molecule has 0 saturated carbocycles. The van der Waals surface area contributed by atoms with Gasteiger partial charge in [0.25, 0.3) is 0 Å². The number of sulfonamides is 1. The van der Waals surface area contributed by atoms with Crippen molar-refractivity contribution < 1.29 is 17.5 Å². The summed E-state index contributed by atoms with van der Waals surface area (Å²) >= 11 is 0. The van der Waals surface area contributed by atoms with Gasteiger partial charge in [0.05, 0.1) is 12.2 Å². The van der Waals surface area contributed by atoms with Crippen LogP contribution in [0.2, 0.25) is 0 Å². The minimum Gasteiger partial charge on any atom is -0.375 e. The summed E-state index contributed by atoms with van der Waals surface area (Å²) in [7, 11) is -3.75. The predicted octanol–water partition coefficient (Wildman–Crippen LogP) is 2.01. The molecule has 3 atom stereocenters. The van der Waals surface area contributed by atoms with Gasteiger partial charge in [-0.25, -0.2) is 12.8 Å². The van der Waals surface area contributed by atoms with Crippen molar-refractivity contribution in [1.29, 1.82) is 0 Å². The van der Waals surface area contributed by atoms with Gasteiger partial charge in [-0.3, -0.25) is 0 Å². The number of benzene rings is 1. The van der Waals surface area contributed by atoms with Crippen LogP contribution < -0.4 is 0 Å². The van der Waals surface area contributed by atoms with E-state index in [1.54, 1.807) is 6.07 Å². The minimum absolute atomic E-state index is 0.150. The third kappa shape index (κ3) is 2.36. The van der Waals surface area contributed by atoms with E-state index in [1.807, 2.05) is 6.92 Å². The van der Waals surface area contributed by atoms with E-state index < -0.39 is 15.8 Å². The second-order valence-corrected chi connectivity index (χ2v) is 7.47. The maximum atomic E-state index is 13.7. The molecule has 2 heterocycles. The molecule has 110 valence electrons. The van der Waals surface area contributed by atoms with E-state index in [-0.39, 0.29) is 23.0 Å². The third-order valence-corrected chi connectivity index (χ3v) is 6.02. The smallest absolute Gasteiger partial charge is 0.245 e. The van der Waals surface area contributed by atoms with Crippen LogP contribution >= 0.6 is 0 Å². The first-order chi connectivity index (χ1) is 9.48. The molecule has 6 heteroatoms. The van der Waals surface area contributed by atoms with E-state index in [9.17, 15) is 12.8 Å². The van der Waals surface area contributed by atoms with Crippen molar-refractivity contribution in [3.05, 3.63) is 30.1 Å². The normalized spacial score (nSPS) is 31.2. The third-order valence-electron chi connectivity index (χ3n) is 4.12. The lowest BCUT2D eigenvalue weighted by Crippen LogP contribution is -2.44. The number of hydrogen-bond acceptors (Lipinski definition) is 3. The van der Waals surface area contributed by atoms with Crippen LogP contribution in [-0.2, 0) is 14.8 Å². The van der Waals surface area contributed by atoms with Crippen LogP contribution in [0.3, 0.4) is 0 Å². The SMILES string of the molecule is C[C@@H]1C[C@@H]2CN(S(=O)(=O)c3ccccc3F)CC[C@@H]2O1. The van der Waals surface area contributed by atoms with E-state index in [0.717, 1.165) is 6.42 Å². The molecule has 0 N–H and O–H groups in total. The number of nitrogens with zero attached hydrogens (tertiary/aromatic N) is 1. The molecule has 20 heavy (non-hydrogen) atoms. The summed E-state index contributed by atoms with van der Waals surface area (Å²) in [5.74, 6) is -0.467. The molecular weight excluding hydrogens is 281 g/mol. The zero-order chi connectivity index (χ0) is 14.3. The fourth-order valence-corrected chi connectivity index (χ4v) is 4.75. The molecule has 3 rings (SSSR count). The van der Waals surface area contributed by atoms with Gasteiger partial charge in [-0.05, 0) is 31.9 Å². The van der Waals surface area contributed by atoms with Gasteiger partial charge >= 0.3 is 0 Å². The second-order valence-electron chi connectivity index (χ2n) is 5.56. The molecule has 0 aliphatic carbocycles. The maximum Gasteiger partial charge on any atom is 0.245 e. The van der Waals surface area contributed by atoms with Gasteiger partial charge in [0.2, 0.25) is 10.0 Å². The average Bonchev–Trinajstić information content (AvgIpc) is 2.78. The first kappa shape index (κ1) is 14.0. The molecule has 1 aromatic rings. The summed E-state index contributed by atoms with van der Waals surface area (Å²) in [5, 5.41) is 0. The fourth-order valence-electron chi connectivity index (χ4n) is 3.17. The highest BCUT2D eigenvalue weighted by Crippen LogP contribution is 2.34. The van der Waals surface area contributed by atoms with E-state index in [1.165, 1.54) is 22.5 Å². The van der Waals surface area contributed by atoms with Crippen LogP contribution in [0.25, 0.3) is 0 Å². The van der Waals surface area contributed by atoms with Crippen LogP contribution in [-0.4, -0.2) is 38.0 Å². The Morgan fingerprint density at radius 2 is 2.10 bits per heavy atom. The van der Waals surface area contributed by atoms with Crippen molar-refractivity contribution >= 4 is 10.0 Å². The zero-order valence-electron chi connectivity index (χ0n) is 11.3. The molecule has 0 unspecified atom stereocenters. The van der Waals surface area contributed by atoms with Gasteiger partial charge in [-0.15, -0.1) is 0 Å². The van der Waals surface area contributed by atoms with Gasteiger partial charge < -0.3 is 4.74 Å². The van der Waals surface area contributed by atoms with Crippen LogP contribution in [0.5, 0.6) is 0 Å². The molecule has 2 aliphatic rings. The average molecular weight is 299 g/mol. The molecule has 0 bridgehead atoms. The van der Waals surface area contributed by atoms with E-state index in [4.69, 9.17) is 4.74 Å². The Labute approximate surface area is 118 Å². The number of hydrogen-bond donors (Lipinski definition) is 0. The lowest BCUT2D eigenvalue weighted by atomic mass is 9.94. The lowest BCUT2D eigenvalue weighted by Gasteiger charge is -2.33. The van der Waals surface area contributed by atoms with Crippen LogP contribution in [0.1, 0.15) is 19.8 Å². The highest BCUT2D eigenvalue weighted by atomic mass is 32.2. The molecule has 0 amide bonds. The Kier molecular flexibility index (Phi) is 3.56. The van der Waals surface area contributed by atoms with Crippen molar-refractivity contribution in [2.75, 3.05) is 13.1 Å². The lowest BCUT2D eigenvalue weighted by molar-refractivity contribution is 0.0206. The number of piperidine rings is 1. The molecule has 0 spiro atoms. The van der Waals surface area contributed by atoms with Crippen molar-refractivity contribution in [3.63, 3.8) is 0 Å². The van der Waals surface area contributed by atoms with Gasteiger partial charge in [0, 0.05) is 19.0 Å². The quantitative estimate of drug-likeness (QED) is 0.839. The van der Waals surface area contributed by atoms with Crippen molar-refractivity contribution in [3.8, 4) is 0 Å². The summed E-state index contributed by atoms with van der Waals surface area (Å²) in [6.07, 6.45) is 1.88. The van der Waals surface area contributed by atoms with Crippen LogP contribution in [0, 0.1) is 11.7 Å². The topological polar surface area (TPSA) is 46.6 Å². The predicted molar refractivity (Wildman–Crippen MR) is 72.2 cm³/mol. The Balaban J connectivity index is 1.84. The largest absolute Gasteiger partial charge is 0.375 e. The van der Waals surface area contributed by atoms with Gasteiger partial charge in [0.15, 0.2) is 0 Å². The molecule has 2 aliphatic heterocycles. The van der Waals surface area contributed by atoms with Gasteiger partial charge in [-0.2, -0.15) is 4.31 Å². The Morgan fingerprint density at radius 1 is 1.35 bits per heavy atom. The summed E-state index contributed by atoms with van der Waals surface area (Å²) < 4.78 is 45.9. The molecule has 1 aromatic carbocycles. The summed E-state index contributed by atoms with van der Waals surface area (Å²) in [4.78, 5) is -0.231. The van der Waals surface area contributed by atoms with Crippen molar-refractivity contribution in [2.45, 2.75) is 36.9 Å². The summed E-state index contributed by atoms with van der Waals surface area (Å²) in [6.45, 7) is 2.82. The first-order valence-corrected chi connectivity index (χ1v) is 8.32. The number of rotatable bonds is 2. The standard InChI is InChI=1S/C14H18FNO3S/c1-10-8-11-9-16(7-6-13(11)19-10)20(17,18)14-5-3-2-4-12(14)15/h2-5,10-11,13H,6-9H2,1H3/t10-,11-,13+/m1/s1. The van der Waals surface area contributed by atoms with E-state index in [0.29, 0.717) is 19.5 Å². The van der Waals surface area contributed by atoms with Crippen LogP contribution in [0.4, 0.5) is 4.39 Å². The number of halogens is 1. The molecule has 0 radical (unpaired) electrons. The monoisotopic (exact) mass is 299 g/mol. The van der Waals surface area contributed by atoms with E-state index in [2.05, 4.69) is 0 Å². The highest BCUT2D eigenvalue weighted by molar-refractivity contribution is 7.89. The van der Waals surface area contributed by atoms with Crippen molar-refractivity contribution in [1.82, 2.24) is 4.31 Å². The molecule has 2 fully saturated rings. The highest BCUT2D eigenvalue weighted by Gasteiger charge is 2.41. The van der Waals surface area contributed by atoms with E-state index >= 15 is 0 Å². The van der Waals surface area contributed by atoms with Crippen molar-refractivity contribution in [2.24, 2.45) is 5.92 Å². The number of fused-ring (bicyclic) bond motifs is 1. The van der Waals surface area contributed by atoms with Gasteiger partial charge in [0.1, 0.15) is 10.7 Å². The van der Waals surface area contributed by atoms with Gasteiger partial charge in [-0.1, -0.05) is 12.1 Å². The second kappa shape index (κ2) is 5.09. The minimum atomic E-state index is -3.75. The Hall–Kier alpha value is -0.980. The molecule has 2 saturated heterocycles. The first-order valence-electron chi connectivity index (χ1n) is 6.88. The molecule has 4 nitrogen and oxygen atoms in total. The molecule has 0 aromatic heterocycles. The summed E-state index contributed by atoms with van der Waals surface area (Å²) in [6, 6.07) is 5.54. The maximum absolute atomic E-state index is 13.7. The number of ether oxygens (including phenoxy) is 1. The van der Waals surface area contributed by atoms with Crippen LogP contribution in [0.15, 0.2) is 29.2 Å². The zero-order valence-corrected chi connectivity index (χ0v) is 12.1. The summed E-state index contributed by atoms with van der Waals surface area (Å²) in [5.41, 5.74) is 0.